The number of anilines is 1. The molecule has 0 radical (unpaired) electrons. The molecule has 2 aromatic heterocycles. The van der Waals surface area contributed by atoms with Gasteiger partial charge in [0.05, 0.1) is 5.69 Å². The molecule has 36 heavy (non-hydrogen) atoms. The number of nitrogens with two attached hydrogens (primary N) is 1. The molecule has 0 saturated heterocycles. The summed E-state index contributed by atoms with van der Waals surface area (Å²) in [7, 11) is 0. The van der Waals surface area contributed by atoms with Crippen LogP contribution in [0.5, 0.6) is 0 Å². The summed E-state index contributed by atoms with van der Waals surface area (Å²) in [6, 6.07) is 6.25. The SMILES string of the molecule is C#C.C=C/C=C(/c1cccc(F)c1)c1nc(Cc2c(N)ncc(C(/C=C\C#CC)=C/C)c2F)[nH]c1C. The molecule has 0 unspecified atom stereocenters. The molecule has 3 N–H and O–H groups in total. The smallest absolute Gasteiger partial charge is 0.139 e. The second-order valence-corrected chi connectivity index (χ2v) is 7.48. The number of imidazole rings is 1. The van der Waals surface area contributed by atoms with Crippen LogP contribution in [-0.4, -0.2) is 15.0 Å². The molecule has 0 atom stereocenters. The maximum atomic E-state index is 15.5. The first kappa shape index (κ1) is 27.6. The van der Waals surface area contributed by atoms with Crippen LogP contribution in [0.2, 0.25) is 0 Å². The number of benzene rings is 1. The molecular formula is C30H28F2N4. The van der Waals surface area contributed by atoms with Crippen molar-refractivity contribution >= 4 is 17.0 Å². The fourth-order valence-corrected chi connectivity index (χ4v) is 3.59. The third-order valence-corrected chi connectivity index (χ3v) is 5.21. The van der Waals surface area contributed by atoms with Crippen molar-refractivity contribution in [2.75, 3.05) is 5.73 Å². The Kier molecular flexibility index (Phi) is 10.2. The third kappa shape index (κ3) is 6.46. The van der Waals surface area contributed by atoms with Gasteiger partial charge in [0, 0.05) is 35.0 Å². The Morgan fingerprint density at radius 2 is 2.03 bits per heavy atom. The lowest BCUT2D eigenvalue weighted by molar-refractivity contribution is 0.607. The van der Waals surface area contributed by atoms with Crippen LogP contribution in [0.25, 0.3) is 11.1 Å². The number of pyridine rings is 1. The molecule has 182 valence electrons. The van der Waals surface area contributed by atoms with Gasteiger partial charge in [-0.2, -0.15) is 0 Å². The average Bonchev–Trinajstić information content (AvgIpc) is 3.24. The number of H-pyrrole nitrogens is 1. The van der Waals surface area contributed by atoms with Crippen LogP contribution < -0.4 is 5.73 Å². The number of terminal acetylenes is 1. The summed E-state index contributed by atoms with van der Waals surface area (Å²) in [5.74, 6) is 5.39. The van der Waals surface area contributed by atoms with Gasteiger partial charge in [-0.3, -0.25) is 0 Å². The average molecular weight is 483 g/mol. The topological polar surface area (TPSA) is 67.6 Å². The van der Waals surface area contributed by atoms with Crippen molar-refractivity contribution in [2.24, 2.45) is 0 Å². The van der Waals surface area contributed by atoms with E-state index in [9.17, 15) is 4.39 Å². The van der Waals surface area contributed by atoms with Crippen molar-refractivity contribution in [2.45, 2.75) is 27.2 Å². The largest absolute Gasteiger partial charge is 0.383 e. The van der Waals surface area contributed by atoms with Gasteiger partial charge in [0.2, 0.25) is 0 Å². The van der Waals surface area contributed by atoms with E-state index in [0.717, 1.165) is 5.69 Å². The lowest BCUT2D eigenvalue weighted by atomic mass is 10.0. The summed E-state index contributed by atoms with van der Waals surface area (Å²) in [4.78, 5) is 12.1. The number of rotatable bonds is 7. The monoisotopic (exact) mass is 482 g/mol. The minimum absolute atomic E-state index is 0.0941. The Labute approximate surface area is 211 Å². The Hall–Kier alpha value is -4.68. The first-order valence-electron chi connectivity index (χ1n) is 11.1. The zero-order chi connectivity index (χ0) is 26.7. The predicted molar refractivity (Wildman–Crippen MR) is 145 cm³/mol. The van der Waals surface area contributed by atoms with E-state index in [0.29, 0.717) is 33.8 Å². The van der Waals surface area contributed by atoms with E-state index >= 15 is 4.39 Å². The molecule has 3 rings (SSSR count). The Morgan fingerprint density at radius 3 is 2.67 bits per heavy atom. The number of nitrogens with one attached hydrogen (secondary N) is 1. The molecule has 0 saturated carbocycles. The van der Waals surface area contributed by atoms with Gasteiger partial charge in [0.15, 0.2) is 0 Å². The normalized spacial score (nSPS) is 11.4. The van der Waals surface area contributed by atoms with Crippen LogP contribution >= 0.6 is 0 Å². The van der Waals surface area contributed by atoms with Crippen molar-refractivity contribution in [1.29, 1.82) is 0 Å². The van der Waals surface area contributed by atoms with Gasteiger partial charge in [0.1, 0.15) is 23.3 Å². The second-order valence-electron chi connectivity index (χ2n) is 7.48. The van der Waals surface area contributed by atoms with Crippen LogP contribution in [0.4, 0.5) is 14.6 Å². The highest BCUT2D eigenvalue weighted by Crippen LogP contribution is 2.29. The first-order chi connectivity index (χ1) is 17.4. The lowest BCUT2D eigenvalue weighted by Gasteiger charge is -2.10. The van der Waals surface area contributed by atoms with Gasteiger partial charge < -0.3 is 10.7 Å². The van der Waals surface area contributed by atoms with Gasteiger partial charge in [-0.05, 0) is 56.2 Å². The fourth-order valence-electron chi connectivity index (χ4n) is 3.59. The molecule has 2 heterocycles. The molecule has 1 aromatic carbocycles. The minimum Gasteiger partial charge on any atom is -0.383 e. The summed E-state index contributed by atoms with van der Waals surface area (Å²) >= 11 is 0. The van der Waals surface area contributed by atoms with E-state index in [-0.39, 0.29) is 23.6 Å². The van der Waals surface area contributed by atoms with Gasteiger partial charge >= 0.3 is 0 Å². The number of allylic oxidation sites excluding steroid dienone is 6. The quantitative estimate of drug-likeness (QED) is 0.302. The predicted octanol–water partition coefficient (Wildman–Crippen LogP) is 6.41. The van der Waals surface area contributed by atoms with E-state index in [2.05, 4.69) is 46.2 Å². The Balaban J connectivity index is 0.00000222. The molecule has 0 amide bonds. The Morgan fingerprint density at radius 1 is 1.28 bits per heavy atom. The van der Waals surface area contributed by atoms with Crippen LogP contribution in [0, 0.1) is 43.2 Å². The number of aryl methyl sites for hydroxylation is 1. The van der Waals surface area contributed by atoms with Crippen LogP contribution in [0.15, 0.2) is 67.4 Å². The molecule has 4 nitrogen and oxygen atoms in total. The summed E-state index contributed by atoms with van der Waals surface area (Å²) in [5.41, 5.74) is 10.0. The molecular weight excluding hydrogens is 454 g/mol. The summed E-state index contributed by atoms with van der Waals surface area (Å²) < 4.78 is 29.4. The number of aromatic nitrogens is 3. The van der Waals surface area contributed by atoms with Crippen molar-refractivity contribution in [3.05, 3.63) is 113 Å². The summed E-state index contributed by atoms with van der Waals surface area (Å²) in [6.45, 7) is 9.16. The number of nitrogen functional groups attached to an aromatic ring is 1. The fraction of sp³-hybridized carbons (Fsp3) is 0.133. The van der Waals surface area contributed by atoms with E-state index in [1.54, 1.807) is 49.4 Å². The van der Waals surface area contributed by atoms with Crippen LogP contribution in [0.3, 0.4) is 0 Å². The number of aromatic amines is 1. The van der Waals surface area contributed by atoms with Crippen molar-refractivity contribution in [3.63, 3.8) is 0 Å². The number of nitrogens with zero attached hydrogens (tertiary/aromatic N) is 2. The highest BCUT2D eigenvalue weighted by Gasteiger charge is 2.19. The lowest BCUT2D eigenvalue weighted by Crippen LogP contribution is -2.06. The van der Waals surface area contributed by atoms with Crippen LogP contribution in [0.1, 0.15) is 47.8 Å². The maximum absolute atomic E-state index is 15.5. The zero-order valence-corrected chi connectivity index (χ0v) is 20.6. The Bertz CT molecular complexity index is 1410. The number of hydrogen-bond acceptors (Lipinski definition) is 3. The molecule has 0 fully saturated rings. The van der Waals surface area contributed by atoms with Crippen molar-refractivity contribution < 1.29 is 8.78 Å². The van der Waals surface area contributed by atoms with Crippen LogP contribution in [-0.2, 0) is 6.42 Å². The van der Waals surface area contributed by atoms with E-state index in [1.807, 2.05) is 13.8 Å². The molecule has 0 aliphatic rings. The van der Waals surface area contributed by atoms with Gasteiger partial charge in [-0.25, -0.2) is 18.7 Å². The highest BCUT2D eigenvalue weighted by atomic mass is 19.1. The van der Waals surface area contributed by atoms with Gasteiger partial charge in [-0.15, -0.1) is 18.8 Å². The first-order valence-corrected chi connectivity index (χ1v) is 11.1. The molecule has 0 spiro atoms. The van der Waals surface area contributed by atoms with Gasteiger partial charge in [-0.1, -0.05) is 42.9 Å². The third-order valence-electron chi connectivity index (χ3n) is 5.21. The second kappa shape index (κ2) is 13.3. The molecule has 0 aliphatic heterocycles. The van der Waals surface area contributed by atoms with Crippen molar-refractivity contribution in [1.82, 2.24) is 15.0 Å². The van der Waals surface area contributed by atoms with Crippen molar-refractivity contribution in [3.8, 4) is 24.7 Å². The number of hydrogen-bond donors (Lipinski definition) is 2. The molecule has 0 bridgehead atoms. The minimum atomic E-state index is -0.461. The summed E-state index contributed by atoms with van der Waals surface area (Å²) in [5, 5.41) is 0. The molecule has 0 aliphatic carbocycles. The van der Waals surface area contributed by atoms with E-state index < -0.39 is 5.82 Å². The highest BCUT2D eigenvalue weighted by molar-refractivity contribution is 5.80. The molecule has 3 aromatic rings. The standard InChI is InChI=1S/C28H26F2N4.C2H2/c1-5-8-9-12-19(7-3)24-17-32-28(31)23(26(24)30)16-25-33-18(4)27(34-25)22(11-6-2)20-13-10-14-21(29)15-20;1-2/h6-7,9-15,17H,2,16H2,1,3-4H3,(H2,31,32)(H,33,34);1-2H/b12-9-,19-7+,22-11-;. The maximum Gasteiger partial charge on any atom is 0.139 e. The van der Waals surface area contributed by atoms with E-state index in [1.165, 1.54) is 18.3 Å². The number of halogens is 2. The van der Waals surface area contributed by atoms with E-state index in [4.69, 9.17) is 5.73 Å². The van der Waals surface area contributed by atoms with Gasteiger partial charge in [0.25, 0.3) is 0 Å². The zero-order valence-electron chi connectivity index (χ0n) is 20.6. The molecule has 6 heteroatoms. The summed E-state index contributed by atoms with van der Waals surface area (Å²) in [6.07, 6.45) is 18.1.